The number of likely N-dealkylation sites (tertiary alicyclic amines) is 1. The van der Waals surface area contributed by atoms with Gasteiger partial charge >= 0.3 is 0 Å². The van der Waals surface area contributed by atoms with Crippen molar-refractivity contribution in [2.24, 2.45) is 11.7 Å². The zero-order chi connectivity index (χ0) is 17.1. The number of nitrogens with two attached hydrogens (primary N) is 1. The summed E-state index contributed by atoms with van der Waals surface area (Å²) in [5.74, 6) is 0.361. The van der Waals surface area contributed by atoms with Crippen molar-refractivity contribution in [1.82, 2.24) is 4.90 Å². The second-order valence-electron chi connectivity index (χ2n) is 7.32. The maximum atomic E-state index is 13.1. The quantitative estimate of drug-likeness (QED) is 0.925. The van der Waals surface area contributed by atoms with Crippen molar-refractivity contribution in [3.8, 4) is 0 Å². The van der Waals surface area contributed by atoms with Gasteiger partial charge in [0.2, 0.25) is 0 Å². The van der Waals surface area contributed by atoms with Crippen LogP contribution in [0.2, 0.25) is 0 Å². The Bertz CT molecular complexity index is 681. The van der Waals surface area contributed by atoms with Crippen LogP contribution in [0.15, 0.2) is 42.5 Å². The van der Waals surface area contributed by atoms with E-state index < -0.39 is 0 Å². The van der Waals surface area contributed by atoms with E-state index >= 15 is 0 Å². The molecule has 128 valence electrons. The molecule has 3 rings (SSSR count). The molecular formula is C21H27FN2. The molecule has 2 nitrogen and oxygen atoms in total. The van der Waals surface area contributed by atoms with Gasteiger partial charge in [-0.3, -0.25) is 4.90 Å². The Morgan fingerprint density at radius 3 is 2.58 bits per heavy atom. The van der Waals surface area contributed by atoms with Crippen LogP contribution < -0.4 is 5.73 Å². The molecule has 2 aromatic rings. The summed E-state index contributed by atoms with van der Waals surface area (Å²) in [6.45, 7) is 7.28. The lowest BCUT2D eigenvalue weighted by molar-refractivity contribution is 0.149. The number of rotatable bonds is 4. The van der Waals surface area contributed by atoms with Crippen molar-refractivity contribution in [3.63, 3.8) is 0 Å². The standard InChI is InChI=1S/C21H27FN2/c1-15-3-4-16(2)19(9-15)13-24-12-18(11-21(23)14-24)10-17-5-7-20(22)8-6-17/h3-9,18,21H,10-14,23H2,1-2H3. The van der Waals surface area contributed by atoms with Gasteiger partial charge in [-0.15, -0.1) is 0 Å². The number of hydrogen-bond donors (Lipinski definition) is 1. The number of hydrogen-bond acceptors (Lipinski definition) is 2. The fraction of sp³-hybridized carbons (Fsp3) is 0.429. The molecule has 2 aromatic carbocycles. The Hall–Kier alpha value is -1.71. The fourth-order valence-corrected chi connectivity index (χ4v) is 3.79. The molecule has 1 saturated heterocycles. The van der Waals surface area contributed by atoms with Crippen molar-refractivity contribution < 1.29 is 4.39 Å². The van der Waals surface area contributed by atoms with E-state index in [1.165, 1.54) is 22.3 Å². The summed E-state index contributed by atoms with van der Waals surface area (Å²) < 4.78 is 13.1. The van der Waals surface area contributed by atoms with E-state index in [0.29, 0.717) is 5.92 Å². The largest absolute Gasteiger partial charge is 0.327 e. The minimum Gasteiger partial charge on any atom is -0.327 e. The molecule has 24 heavy (non-hydrogen) atoms. The average Bonchev–Trinajstić information content (AvgIpc) is 2.53. The third-order valence-electron chi connectivity index (χ3n) is 4.98. The smallest absolute Gasteiger partial charge is 0.123 e. The zero-order valence-electron chi connectivity index (χ0n) is 14.6. The Morgan fingerprint density at radius 2 is 1.83 bits per heavy atom. The van der Waals surface area contributed by atoms with E-state index in [9.17, 15) is 4.39 Å². The lowest BCUT2D eigenvalue weighted by Gasteiger charge is -2.36. The predicted molar refractivity (Wildman–Crippen MR) is 97.4 cm³/mol. The van der Waals surface area contributed by atoms with E-state index in [4.69, 9.17) is 5.73 Å². The molecule has 2 atom stereocenters. The molecule has 1 fully saturated rings. The highest BCUT2D eigenvalue weighted by Crippen LogP contribution is 2.23. The van der Waals surface area contributed by atoms with Crippen LogP contribution in [-0.2, 0) is 13.0 Å². The number of aryl methyl sites for hydroxylation is 2. The number of halogens is 1. The molecule has 3 heteroatoms. The normalized spacial score (nSPS) is 21.8. The van der Waals surface area contributed by atoms with Gasteiger partial charge in [0.1, 0.15) is 5.82 Å². The zero-order valence-corrected chi connectivity index (χ0v) is 14.6. The molecule has 0 aliphatic carbocycles. The maximum absolute atomic E-state index is 13.1. The summed E-state index contributed by atoms with van der Waals surface area (Å²) in [6, 6.07) is 13.7. The van der Waals surface area contributed by atoms with Crippen LogP contribution in [0.5, 0.6) is 0 Å². The van der Waals surface area contributed by atoms with Crippen LogP contribution in [0.25, 0.3) is 0 Å². The molecule has 0 saturated carbocycles. The van der Waals surface area contributed by atoms with Gasteiger partial charge in [-0.25, -0.2) is 4.39 Å². The minimum atomic E-state index is -0.171. The summed E-state index contributed by atoms with van der Waals surface area (Å²) in [4.78, 5) is 2.48. The van der Waals surface area contributed by atoms with Crippen molar-refractivity contribution in [2.45, 2.75) is 39.3 Å². The van der Waals surface area contributed by atoms with E-state index in [1.54, 1.807) is 12.1 Å². The van der Waals surface area contributed by atoms with Crippen molar-refractivity contribution >= 4 is 0 Å². The number of piperidine rings is 1. The molecule has 2 unspecified atom stereocenters. The van der Waals surface area contributed by atoms with Gasteiger partial charge in [-0.2, -0.15) is 0 Å². The Labute approximate surface area is 144 Å². The molecule has 0 aromatic heterocycles. The van der Waals surface area contributed by atoms with Gasteiger partial charge in [0.25, 0.3) is 0 Å². The number of benzene rings is 2. The fourth-order valence-electron chi connectivity index (χ4n) is 3.79. The molecule has 1 heterocycles. The highest BCUT2D eigenvalue weighted by molar-refractivity contribution is 5.30. The molecule has 1 aliphatic rings. The Balaban J connectivity index is 1.66. The second-order valence-corrected chi connectivity index (χ2v) is 7.32. The lowest BCUT2D eigenvalue weighted by Crippen LogP contribution is -2.47. The summed E-state index contributed by atoms with van der Waals surface area (Å²) >= 11 is 0. The first-order chi connectivity index (χ1) is 11.5. The molecular weight excluding hydrogens is 299 g/mol. The SMILES string of the molecule is Cc1ccc(C)c(CN2CC(N)CC(Cc3ccc(F)cc3)C2)c1. The first kappa shape index (κ1) is 17.1. The van der Waals surface area contributed by atoms with Gasteiger partial charge < -0.3 is 5.73 Å². The number of nitrogens with zero attached hydrogens (tertiary/aromatic N) is 1. The van der Waals surface area contributed by atoms with Crippen molar-refractivity contribution in [1.29, 1.82) is 0 Å². The van der Waals surface area contributed by atoms with Crippen molar-refractivity contribution in [3.05, 3.63) is 70.5 Å². The third-order valence-corrected chi connectivity index (χ3v) is 4.98. The Kier molecular flexibility index (Phi) is 5.32. The van der Waals surface area contributed by atoms with Crippen LogP contribution >= 0.6 is 0 Å². The molecule has 0 bridgehead atoms. The highest BCUT2D eigenvalue weighted by Gasteiger charge is 2.25. The van der Waals surface area contributed by atoms with Crippen molar-refractivity contribution in [2.75, 3.05) is 13.1 Å². The van der Waals surface area contributed by atoms with E-state index in [0.717, 1.165) is 32.5 Å². The molecule has 1 aliphatic heterocycles. The summed E-state index contributed by atoms with van der Waals surface area (Å²) in [6.07, 6.45) is 2.01. The first-order valence-electron chi connectivity index (χ1n) is 8.78. The van der Waals surface area contributed by atoms with Crippen LogP contribution in [-0.4, -0.2) is 24.0 Å². The van der Waals surface area contributed by atoms with Crippen LogP contribution in [0.3, 0.4) is 0 Å². The Morgan fingerprint density at radius 1 is 1.08 bits per heavy atom. The summed E-state index contributed by atoms with van der Waals surface area (Å²) in [7, 11) is 0. The maximum Gasteiger partial charge on any atom is 0.123 e. The molecule has 2 N–H and O–H groups in total. The summed E-state index contributed by atoms with van der Waals surface area (Å²) in [5.41, 5.74) is 11.6. The monoisotopic (exact) mass is 326 g/mol. The lowest BCUT2D eigenvalue weighted by atomic mass is 9.88. The summed E-state index contributed by atoms with van der Waals surface area (Å²) in [5, 5.41) is 0. The van der Waals surface area contributed by atoms with Gasteiger partial charge in [0, 0.05) is 25.7 Å². The third kappa shape index (κ3) is 4.43. The van der Waals surface area contributed by atoms with Crippen LogP contribution in [0.4, 0.5) is 4.39 Å². The van der Waals surface area contributed by atoms with Crippen LogP contribution in [0.1, 0.15) is 28.7 Å². The van der Waals surface area contributed by atoms with Gasteiger partial charge in [0.05, 0.1) is 0 Å². The predicted octanol–water partition coefficient (Wildman–Crippen LogP) is 3.83. The van der Waals surface area contributed by atoms with Gasteiger partial charge in [-0.05, 0) is 61.4 Å². The first-order valence-corrected chi connectivity index (χ1v) is 8.78. The van der Waals surface area contributed by atoms with Crippen LogP contribution in [0, 0.1) is 25.6 Å². The second kappa shape index (κ2) is 7.45. The van der Waals surface area contributed by atoms with E-state index in [2.05, 4.69) is 36.9 Å². The van der Waals surface area contributed by atoms with Gasteiger partial charge in [0.15, 0.2) is 0 Å². The van der Waals surface area contributed by atoms with E-state index in [1.807, 2.05) is 12.1 Å². The molecule has 0 radical (unpaired) electrons. The van der Waals surface area contributed by atoms with E-state index in [-0.39, 0.29) is 11.9 Å². The topological polar surface area (TPSA) is 29.3 Å². The van der Waals surface area contributed by atoms with Gasteiger partial charge in [-0.1, -0.05) is 35.9 Å². The molecule has 0 amide bonds. The minimum absolute atomic E-state index is 0.171. The highest BCUT2D eigenvalue weighted by atomic mass is 19.1. The average molecular weight is 326 g/mol. The molecule has 0 spiro atoms.